The highest BCUT2D eigenvalue weighted by atomic mass is 35.5. The Morgan fingerprint density at radius 3 is 2.21 bits per heavy atom. The Hall–Kier alpha value is -1.10. The summed E-state index contributed by atoms with van der Waals surface area (Å²) in [5.74, 6) is -1.31. The van der Waals surface area contributed by atoms with Crippen molar-refractivity contribution < 1.29 is 15.0 Å². The number of hydrogen-bond acceptors (Lipinski definition) is 3. The van der Waals surface area contributed by atoms with Crippen LogP contribution in [0.25, 0.3) is 0 Å². The van der Waals surface area contributed by atoms with E-state index in [9.17, 15) is 4.79 Å². The molecular formula is C9H12ClNO3. The summed E-state index contributed by atoms with van der Waals surface area (Å²) < 4.78 is 0. The molecule has 0 aliphatic carbocycles. The Morgan fingerprint density at radius 2 is 1.79 bits per heavy atom. The molecule has 0 amide bonds. The second-order valence-electron chi connectivity index (χ2n) is 2.72. The largest absolute Gasteiger partial charge is 0.479 e. The molecule has 0 radical (unpaired) electrons. The van der Waals surface area contributed by atoms with Gasteiger partial charge in [0.15, 0.2) is 6.10 Å². The normalized spacial score (nSPS) is 13.9. The van der Waals surface area contributed by atoms with Crippen LogP contribution in [0.4, 0.5) is 0 Å². The van der Waals surface area contributed by atoms with Crippen LogP contribution in [0.3, 0.4) is 0 Å². The number of nitrogens with two attached hydrogens (primary N) is 1. The summed E-state index contributed by atoms with van der Waals surface area (Å²) in [6.07, 6.45) is -1.55. The molecule has 0 aliphatic rings. The Kier molecular flexibility index (Phi) is 5.15. The van der Waals surface area contributed by atoms with E-state index in [-0.39, 0.29) is 12.4 Å². The number of carboxylic acids is 1. The summed E-state index contributed by atoms with van der Waals surface area (Å²) in [5, 5.41) is 17.6. The van der Waals surface area contributed by atoms with Crippen LogP contribution >= 0.6 is 12.4 Å². The zero-order valence-corrected chi connectivity index (χ0v) is 8.15. The molecule has 1 aromatic carbocycles. The van der Waals surface area contributed by atoms with Crippen molar-refractivity contribution in [3.8, 4) is 0 Å². The van der Waals surface area contributed by atoms with Crippen LogP contribution < -0.4 is 5.73 Å². The lowest BCUT2D eigenvalue weighted by Crippen LogP contribution is -2.33. The lowest BCUT2D eigenvalue weighted by Gasteiger charge is -2.14. The molecule has 4 nitrogen and oxygen atoms in total. The summed E-state index contributed by atoms with van der Waals surface area (Å²) in [4.78, 5) is 10.4. The molecule has 0 bridgehead atoms. The summed E-state index contributed by atoms with van der Waals surface area (Å²) in [6, 6.07) is 7.75. The second-order valence-corrected chi connectivity index (χ2v) is 2.72. The van der Waals surface area contributed by atoms with Gasteiger partial charge in [-0.25, -0.2) is 4.79 Å². The number of aliphatic carboxylic acids is 1. The molecule has 0 heterocycles. The van der Waals surface area contributed by atoms with Gasteiger partial charge in [0.25, 0.3) is 0 Å². The lowest BCUT2D eigenvalue weighted by atomic mass is 10.0. The van der Waals surface area contributed by atoms with Crippen LogP contribution in [0.1, 0.15) is 11.6 Å². The number of aliphatic hydroxyl groups is 1. The summed E-state index contributed by atoms with van der Waals surface area (Å²) in [5.41, 5.74) is 6.12. The summed E-state index contributed by atoms with van der Waals surface area (Å²) in [7, 11) is 0. The molecule has 2 atom stereocenters. The van der Waals surface area contributed by atoms with E-state index in [0.717, 1.165) is 0 Å². The van der Waals surface area contributed by atoms with Crippen LogP contribution in [0.2, 0.25) is 0 Å². The van der Waals surface area contributed by atoms with E-state index < -0.39 is 18.1 Å². The fraction of sp³-hybridized carbons (Fsp3) is 0.222. The summed E-state index contributed by atoms with van der Waals surface area (Å²) in [6.45, 7) is 0. The van der Waals surface area contributed by atoms with Crippen LogP contribution in [0, 0.1) is 0 Å². The standard InChI is InChI=1S/C9H11NO3.ClH/c10-7(8(11)9(12)13)6-4-2-1-3-5-6;/h1-5,7-8,11H,10H2,(H,12,13);1H/t7-,8?;/m0./s1. The molecule has 5 heteroatoms. The Balaban J connectivity index is 0.00000169. The Labute approximate surface area is 87.8 Å². The number of halogens is 1. The zero-order valence-electron chi connectivity index (χ0n) is 7.33. The van der Waals surface area contributed by atoms with Crippen molar-refractivity contribution in [1.82, 2.24) is 0 Å². The minimum absolute atomic E-state index is 0. The number of rotatable bonds is 3. The van der Waals surface area contributed by atoms with E-state index in [1.165, 1.54) is 0 Å². The molecule has 0 aromatic heterocycles. The van der Waals surface area contributed by atoms with Gasteiger partial charge in [-0.1, -0.05) is 30.3 Å². The number of carbonyl (C=O) groups is 1. The van der Waals surface area contributed by atoms with Gasteiger partial charge < -0.3 is 15.9 Å². The smallest absolute Gasteiger partial charge is 0.334 e. The maximum Gasteiger partial charge on any atom is 0.334 e. The predicted molar refractivity (Wildman–Crippen MR) is 54.3 cm³/mol. The molecule has 0 saturated heterocycles. The zero-order chi connectivity index (χ0) is 9.84. The molecule has 1 unspecified atom stereocenters. The third-order valence-corrected chi connectivity index (χ3v) is 1.78. The first kappa shape index (κ1) is 12.9. The first-order valence-corrected chi connectivity index (χ1v) is 3.84. The number of carboxylic acid groups (broad SMARTS) is 1. The van der Waals surface area contributed by atoms with E-state index in [1.54, 1.807) is 30.3 Å². The van der Waals surface area contributed by atoms with Crippen molar-refractivity contribution in [3.63, 3.8) is 0 Å². The molecule has 0 fully saturated rings. The minimum atomic E-state index is -1.55. The van der Waals surface area contributed by atoms with Gasteiger partial charge in [0.05, 0.1) is 6.04 Å². The first-order chi connectivity index (χ1) is 6.13. The average Bonchev–Trinajstić information content (AvgIpc) is 2.17. The monoisotopic (exact) mass is 217 g/mol. The lowest BCUT2D eigenvalue weighted by molar-refractivity contribution is -0.147. The van der Waals surface area contributed by atoms with E-state index in [4.69, 9.17) is 15.9 Å². The highest BCUT2D eigenvalue weighted by Crippen LogP contribution is 2.13. The van der Waals surface area contributed by atoms with Gasteiger partial charge in [-0.05, 0) is 5.56 Å². The molecule has 0 aliphatic heterocycles. The van der Waals surface area contributed by atoms with E-state index in [1.807, 2.05) is 0 Å². The van der Waals surface area contributed by atoms with Gasteiger partial charge in [-0.2, -0.15) is 0 Å². The van der Waals surface area contributed by atoms with Crippen LogP contribution in [0.5, 0.6) is 0 Å². The molecule has 0 saturated carbocycles. The van der Waals surface area contributed by atoms with Crippen molar-refractivity contribution in [2.45, 2.75) is 12.1 Å². The van der Waals surface area contributed by atoms with Crippen molar-refractivity contribution in [3.05, 3.63) is 35.9 Å². The van der Waals surface area contributed by atoms with Crippen LogP contribution in [-0.4, -0.2) is 22.3 Å². The van der Waals surface area contributed by atoms with Crippen LogP contribution in [0.15, 0.2) is 30.3 Å². The quantitative estimate of drug-likeness (QED) is 0.691. The number of benzene rings is 1. The molecule has 1 rings (SSSR count). The molecule has 1 aromatic rings. The van der Waals surface area contributed by atoms with Crippen molar-refractivity contribution in [1.29, 1.82) is 0 Å². The van der Waals surface area contributed by atoms with E-state index in [0.29, 0.717) is 5.56 Å². The maximum absolute atomic E-state index is 10.4. The first-order valence-electron chi connectivity index (χ1n) is 3.84. The van der Waals surface area contributed by atoms with Gasteiger partial charge in [0.2, 0.25) is 0 Å². The fourth-order valence-corrected chi connectivity index (χ4v) is 1.01. The molecule has 4 N–H and O–H groups in total. The fourth-order valence-electron chi connectivity index (χ4n) is 1.01. The molecular weight excluding hydrogens is 206 g/mol. The SMILES string of the molecule is Cl.N[C@@H](c1ccccc1)C(O)C(=O)O. The van der Waals surface area contributed by atoms with Gasteiger partial charge >= 0.3 is 5.97 Å². The number of aliphatic hydroxyl groups excluding tert-OH is 1. The van der Waals surface area contributed by atoms with Crippen molar-refractivity contribution in [2.24, 2.45) is 5.73 Å². The van der Waals surface area contributed by atoms with Crippen molar-refractivity contribution >= 4 is 18.4 Å². The van der Waals surface area contributed by atoms with Gasteiger partial charge in [0.1, 0.15) is 0 Å². The maximum atomic E-state index is 10.4. The van der Waals surface area contributed by atoms with Gasteiger partial charge in [-0.3, -0.25) is 0 Å². The topological polar surface area (TPSA) is 83.5 Å². The number of hydrogen-bond donors (Lipinski definition) is 3. The average molecular weight is 218 g/mol. The summed E-state index contributed by atoms with van der Waals surface area (Å²) >= 11 is 0. The predicted octanol–water partition coefficient (Wildman–Crippen LogP) is 0.554. The molecule has 14 heavy (non-hydrogen) atoms. The third kappa shape index (κ3) is 2.99. The van der Waals surface area contributed by atoms with E-state index in [2.05, 4.69) is 0 Å². The highest BCUT2D eigenvalue weighted by Gasteiger charge is 2.22. The van der Waals surface area contributed by atoms with E-state index >= 15 is 0 Å². The minimum Gasteiger partial charge on any atom is -0.479 e. The molecule has 78 valence electrons. The van der Waals surface area contributed by atoms with Gasteiger partial charge in [0, 0.05) is 0 Å². The van der Waals surface area contributed by atoms with Gasteiger partial charge in [-0.15, -0.1) is 12.4 Å². The van der Waals surface area contributed by atoms with Crippen molar-refractivity contribution in [2.75, 3.05) is 0 Å². The third-order valence-electron chi connectivity index (χ3n) is 1.78. The highest BCUT2D eigenvalue weighted by molar-refractivity contribution is 5.85. The van der Waals surface area contributed by atoms with Crippen LogP contribution in [-0.2, 0) is 4.79 Å². The molecule has 0 spiro atoms. The Bertz CT molecular complexity index is 291. The second kappa shape index (κ2) is 5.59. The Morgan fingerprint density at radius 1 is 1.29 bits per heavy atom.